The van der Waals surface area contributed by atoms with Crippen LogP contribution < -0.4 is 10.2 Å². The summed E-state index contributed by atoms with van der Waals surface area (Å²) in [5.41, 5.74) is 9.23. The van der Waals surface area contributed by atoms with Gasteiger partial charge >= 0.3 is 0 Å². The van der Waals surface area contributed by atoms with E-state index in [9.17, 15) is 4.79 Å². The fourth-order valence-electron chi connectivity index (χ4n) is 6.56. The maximum atomic E-state index is 13.9. The monoisotopic (exact) mass is 628 g/mol. The van der Waals surface area contributed by atoms with E-state index in [0.717, 1.165) is 101 Å². The van der Waals surface area contributed by atoms with Crippen LogP contribution in [0.1, 0.15) is 27.2 Å². The zero-order valence-electron chi connectivity index (χ0n) is 26.7. The molecule has 0 saturated carbocycles. The summed E-state index contributed by atoms with van der Waals surface area (Å²) in [7, 11) is 1.90. The minimum atomic E-state index is -0.0134. The molecule has 0 aliphatic carbocycles. The van der Waals surface area contributed by atoms with Gasteiger partial charge in [0.2, 0.25) is 5.95 Å². The van der Waals surface area contributed by atoms with Crippen LogP contribution in [0, 0.1) is 13.8 Å². The molecule has 0 spiro atoms. The molecule has 8 rings (SSSR count). The molecule has 47 heavy (non-hydrogen) atoms. The number of nitrogens with zero attached hydrogens (tertiary/aromatic N) is 8. The van der Waals surface area contributed by atoms with Crippen LogP contribution in [0.2, 0.25) is 0 Å². The average Bonchev–Trinajstić information content (AvgIpc) is 3.88. The highest BCUT2D eigenvalue weighted by Gasteiger charge is 2.32. The topological polar surface area (TPSA) is 122 Å². The zero-order chi connectivity index (χ0) is 32.1. The lowest BCUT2D eigenvalue weighted by atomic mass is 9.99. The van der Waals surface area contributed by atoms with E-state index >= 15 is 0 Å². The number of aromatic amines is 1. The molecular weight excluding hydrogens is 592 g/mol. The Hall–Kier alpha value is -5.33. The lowest BCUT2D eigenvalue weighted by Gasteiger charge is -2.26. The number of aromatic nitrogens is 7. The van der Waals surface area contributed by atoms with Gasteiger partial charge in [-0.1, -0.05) is 24.3 Å². The summed E-state index contributed by atoms with van der Waals surface area (Å²) in [6.07, 6.45) is 7.77. The summed E-state index contributed by atoms with van der Waals surface area (Å²) < 4.78 is 9.27. The molecule has 2 aliphatic rings. The Balaban J connectivity index is 1.07. The molecule has 2 aromatic carbocycles. The van der Waals surface area contributed by atoms with Gasteiger partial charge in [-0.25, -0.2) is 9.97 Å². The maximum absolute atomic E-state index is 13.9. The van der Waals surface area contributed by atoms with Crippen molar-refractivity contribution in [3.05, 3.63) is 89.6 Å². The Kier molecular flexibility index (Phi) is 7.30. The van der Waals surface area contributed by atoms with Crippen LogP contribution in [-0.2, 0) is 24.9 Å². The third-order valence-electron chi connectivity index (χ3n) is 9.23. The molecule has 6 heterocycles. The second kappa shape index (κ2) is 11.8. The van der Waals surface area contributed by atoms with Gasteiger partial charge in [0, 0.05) is 79.1 Å². The smallest absolute Gasteiger partial charge is 0.259 e. The van der Waals surface area contributed by atoms with E-state index in [4.69, 9.17) is 9.72 Å². The van der Waals surface area contributed by atoms with E-state index in [0.29, 0.717) is 18.3 Å². The highest BCUT2D eigenvalue weighted by atomic mass is 16.5. The van der Waals surface area contributed by atoms with Gasteiger partial charge in [-0.05, 0) is 42.7 Å². The first-order valence-corrected chi connectivity index (χ1v) is 15.9. The van der Waals surface area contributed by atoms with E-state index in [-0.39, 0.29) is 5.91 Å². The van der Waals surface area contributed by atoms with Crippen molar-refractivity contribution < 1.29 is 9.53 Å². The van der Waals surface area contributed by atoms with E-state index in [2.05, 4.69) is 48.7 Å². The molecule has 4 aromatic heterocycles. The third-order valence-corrected chi connectivity index (χ3v) is 9.23. The van der Waals surface area contributed by atoms with Gasteiger partial charge in [-0.3, -0.25) is 19.1 Å². The fourth-order valence-corrected chi connectivity index (χ4v) is 6.56. The third kappa shape index (κ3) is 5.34. The van der Waals surface area contributed by atoms with Crippen molar-refractivity contribution in [2.45, 2.75) is 26.9 Å². The molecule has 0 bridgehead atoms. The van der Waals surface area contributed by atoms with E-state index < -0.39 is 0 Å². The van der Waals surface area contributed by atoms with Gasteiger partial charge in [-0.15, -0.1) is 0 Å². The Morgan fingerprint density at radius 2 is 1.83 bits per heavy atom. The highest BCUT2D eigenvalue weighted by molar-refractivity contribution is 6.15. The molecule has 12 nitrogen and oxygen atoms in total. The summed E-state index contributed by atoms with van der Waals surface area (Å²) in [5, 5.41) is 13.3. The number of morpholine rings is 1. The number of fused-ring (bicyclic) bond motifs is 2. The number of para-hydroxylation sites is 1. The normalized spacial score (nSPS) is 15.1. The predicted molar refractivity (Wildman–Crippen MR) is 181 cm³/mol. The Bertz CT molecular complexity index is 2100. The van der Waals surface area contributed by atoms with Gasteiger partial charge in [0.1, 0.15) is 0 Å². The van der Waals surface area contributed by atoms with Crippen LogP contribution in [0.25, 0.3) is 33.3 Å². The van der Waals surface area contributed by atoms with E-state index in [1.807, 2.05) is 79.4 Å². The maximum Gasteiger partial charge on any atom is 0.259 e. The lowest BCUT2D eigenvalue weighted by Crippen LogP contribution is -2.38. The van der Waals surface area contributed by atoms with Crippen LogP contribution in [0.15, 0.2) is 67.3 Å². The summed E-state index contributed by atoms with van der Waals surface area (Å²) in [6, 6.07) is 14.0. The Morgan fingerprint density at radius 1 is 1.00 bits per heavy atom. The number of nitrogens with one attached hydrogen (secondary N) is 2. The van der Waals surface area contributed by atoms with Gasteiger partial charge < -0.3 is 19.9 Å². The molecule has 0 unspecified atom stereocenters. The number of ether oxygens (including phenoxy) is 1. The molecule has 1 amide bonds. The lowest BCUT2D eigenvalue weighted by molar-refractivity contribution is 0.0360. The second-order valence-corrected chi connectivity index (χ2v) is 12.2. The largest absolute Gasteiger partial charge is 0.379 e. The molecule has 1 fully saturated rings. The van der Waals surface area contributed by atoms with Crippen LogP contribution >= 0.6 is 0 Å². The van der Waals surface area contributed by atoms with E-state index in [1.54, 1.807) is 4.68 Å². The summed E-state index contributed by atoms with van der Waals surface area (Å²) >= 11 is 0. The van der Waals surface area contributed by atoms with Crippen molar-refractivity contribution in [1.82, 2.24) is 39.4 Å². The minimum Gasteiger partial charge on any atom is -0.379 e. The van der Waals surface area contributed by atoms with Crippen molar-refractivity contribution in [1.29, 1.82) is 0 Å². The minimum absolute atomic E-state index is 0.0134. The molecule has 2 aliphatic heterocycles. The molecular formula is C35H36N10O2. The molecule has 238 valence electrons. The quantitative estimate of drug-likeness (QED) is 0.240. The van der Waals surface area contributed by atoms with Crippen molar-refractivity contribution in [3.63, 3.8) is 0 Å². The predicted octanol–water partition coefficient (Wildman–Crippen LogP) is 5.07. The molecule has 2 N–H and O–H groups in total. The highest BCUT2D eigenvalue weighted by Crippen LogP contribution is 2.40. The number of aryl methyl sites for hydroxylation is 3. The first-order valence-electron chi connectivity index (χ1n) is 15.9. The summed E-state index contributed by atoms with van der Waals surface area (Å²) in [5.74, 6) is 1.14. The zero-order valence-corrected chi connectivity index (χ0v) is 26.7. The van der Waals surface area contributed by atoms with Gasteiger partial charge in [0.05, 0.1) is 49.4 Å². The average molecular weight is 629 g/mol. The second-order valence-electron chi connectivity index (χ2n) is 12.2. The number of amides is 1. The molecule has 12 heteroatoms. The molecule has 6 aromatic rings. The van der Waals surface area contributed by atoms with Crippen molar-refractivity contribution in [2.24, 2.45) is 7.05 Å². The first-order chi connectivity index (χ1) is 22.9. The Labute approximate surface area is 272 Å². The molecule has 1 saturated heterocycles. The van der Waals surface area contributed by atoms with Gasteiger partial charge in [-0.2, -0.15) is 10.2 Å². The number of anilines is 3. The standard InChI is InChI=1S/C35H36N10O2/c1-22-17-37-35(39-31-16-23(2)42(3)41-31)40-32(22)28-19-36-33-26(28)7-5-9-30(33)45-21-29-25(6-4-8-27(29)34(45)46)24-18-38-44(20-24)11-10-43-12-14-47-15-13-43/h4-9,16-20,36H,10-15,21H2,1-3H3,(H,37,39,40,41). The van der Waals surface area contributed by atoms with Crippen LogP contribution in [-0.4, -0.2) is 78.2 Å². The summed E-state index contributed by atoms with van der Waals surface area (Å²) in [6.45, 7) is 9.69. The number of H-pyrrole nitrogens is 1. The number of rotatable bonds is 8. The van der Waals surface area contributed by atoms with Crippen LogP contribution in [0.3, 0.4) is 0 Å². The van der Waals surface area contributed by atoms with Gasteiger partial charge in [0.15, 0.2) is 5.82 Å². The number of carbonyl (C=O) groups is 1. The van der Waals surface area contributed by atoms with Crippen molar-refractivity contribution in [3.8, 4) is 22.4 Å². The van der Waals surface area contributed by atoms with E-state index in [1.165, 1.54) is 0 Å². The number of hydrogen-bond acceptors (Lipinski definition) is 8. The number of carbonyl (C=O) groups excluding carboxylic acids is 1. The van der Waals surface area contributed by atoms with Crippen LogP contribution in [0.5, 0.6) is 0 Å². The number of benzene rings is 2. The van der Waals surface area contributed by atoms with Crippen molar-refractivity contribution in [2.75, 3.05) is 43.1 Å². The van der Waals surface area contributed by atoms with Crippen LogP contribution in [0.4, 0.5) is 17.5 Å². The first kappa shape index (κ1) is 29.1. The van der Waals surface area contributed by atoms with Crippen molar-refractivity contribution >= 4 is 34.3 Å². The fraction of sp³-hybridized carbons (Fsp3) is 0.286. The Morgan fingerprint density at radius 3 is 2.66 bits per heavy atom. The summed E-state index contributed by atoms with van der Waals surface area (Å²) in [4.78, 5) is 31.0. The molecule has 0 radical (unpaired) electrons. The number of hydrogen-bond donors (Lipinski definition) is 2. The SMILES string of the molecule is Cc1cnc(Nc2cc(C)n(C)n2)nc1-c1c[nH]c2c(N3Cc4c(cccc4-c4cnn(CCN5CCOCC5)c4)C3=O)cccc12. The van der Waals surface area contributed by atoms with Gasteiger partial charge in [0.25, 0.3) is 5.91 Å². The molecule has 0 atom stereocenters.